The van der Waals surface area contributed by atoms with Gasteiger partial charge in [-0.3, -0.25) is 14.5 Å². The summed E-state index contributed by atoms with van der Waals surface area (Å²) in [6.07, 6.45) is 0.921. The number of benzene rings is 4. The maximum Gasteiger partial charge on any atom is 4.00 e. The molecule has 0 saturated heterocycles. The Hall–Kier alpha value is -3.33. The van der Waals surface area contributed by atoms with E-state index in [-0.39, 0.29) is 87.9 Å². The SMILES string of the molecule is CC(C)(C)c1cc(CN(Cc2cc(C(C)(C)C)cc(C(C)(C)C)c2[O-])Cc2cc(C(C)(C)C)cc(C(C)(C)C)c2[O-])c([O-])c(C(C)(C)C)c1.Cc1cc(C=O)c([O-])c(C=O)c1.ClCCl.[Ti+4]. The van der Waals surface area contributed by atoms with E-state index < -0.39 is 5.75 Å². The minimum atomic E-state index is -0.495. The van der Waals surface area contributed by atoms with Gasteiger partial charge in [0.2, 0.25) is 0 Å². The first kappa shape index (κ1) is 59.7. The maximum atomic E-state index is 14.3. The summed E-state index contributed by atoms with van der Waals surface area (Å²) in [6.45, 7) is 41.0. The Morgan fingerprint density at radius 1 is 0.431 bits per heavy atom. The Morgan fingerprint density at radius 3 is 0.846 bits per heavy atom. The van der Waals surface area contributed by atoms with Gasteiger partial charge in [0.05, 0.1) is 5.34 Å². The van der Waals surface area contributed by atoms with Gasteiger partial charge in [0.25, 0.3) is 0 Å². The number of hydrogen-bond acceptors (Lipinski definition) is 7. The summed E-state index contributed by atoms with van der Waals surface area (Å²) < 4.78 is 0. The van der Waals surface area contributed by atoms with Crippen LogP contribution in [-0.4, -0.2) is 22.8 Å². The van der Waals surface area contributed by atoms with Crippen LogP contribution in [0.3, 0.4) is 0 Å². The van der Waals surface area contributed by atoms with Crippen LogP contribution >= 0.6 is 23.2 Å². The van der Waals surface area contributed by atoms with Gasteiger partial charge >= 0.3 is 21.7 Å². The third-order valence-electron chi connectivity index (χ3n) is 11.2. The van der Waals surface area contributed by atoms with Crippen molar-refractivity contribution in [3.63, 3.8) is 0 Å². The van der Waals surface area contributed by atoms with Crippen molar-refractivity contribution in [3.8, 4) is 23.0 Å². The molecular formula is C55H75Cl2NO6Ti. The van der Waals surface area contributed by atoms with Crippen LogP contribution in [0.1, 0.15) is 201 Å². The van der Waals surface area contributed by atoms with Crippen LogP contribution in [0.4, 0.5) is 0 Å². The number of aryl methyl sites for hydroxylation is 1. The molecule has 4 rings (SSSR count). The van der Waals surface area contributed by atoms with E-state index in [2.05, 4.69) is 166 Å². The molecule has 0 aliphatic carbocycles. The second-order valence-corrected chi connectivity index (χ2v) is 24.1. The molecule has 65 heavy (non-hydrogen) atoms. The van der Waals surface area contributed by atoms with Gasteiger partial charge < -0.3 is 20.4 Å². The molecule has 0 aliphatic rings. The normalized spacial score (nSPS) is 12.4. The van der Waals surface area contributed by atoms with Crippen LogP contribution in [0.15, 0.2) is 48.5 Å². The molecule has 0 aromatic heterocycles. The predicted molar refractivity (Wildman–Crippen MR) is 261 cm³/mol. The van der Waals surface area contributed by atoms with Crippen molar-refractivity contribution in [1.29, 1.82) is 0 Å². The molecule has 10 heteroatoms. The number of nitrogens with zero attached hydrogens (tertiary/aromatic N) is 1. The van der Waals surface area contributed by atoms with Crippen LogP contribution < -0.4 is 20.4 Å². The fourth-order valence-corrected chi connectivity index (χ4v) is 7.29. The zero-order valence-electron chi connectivity index (χ0n) is 42.8. The summed E-state index contributed by atoms with van der Waals surface area (Å²) in [5, 5.41) is 54.1. The number of alkyl halides is 2. The van der Waals surface area contributed by atoms with Gasteiger partial charge in [-0.15, -0.1) is 40.5 Å². The van der Waals surface area contributed by atoms with Gasteiger partial charge in [-0.2, -0.15) is 0 Å². The number of aldehydes is 2. The van der Waals surface area contributed by atoms with Crippen molar-refractivity contribution in [3.05, 3.63) is 115 Å². The number of hydrogen-bond donors (Lipinski definition) is 0. The van der Waals surface area contributed by atoms with Gasteiger partial charge in [-0.25, -0.2) is 0 Å². The first-order valence-corrected chi connectivity index (χ1v) is 23.1. The molecule has 0 aliphatic heterocycles. The minimum absolute atomic E-state index is 0. The second-order valence-electron chi connectivity index (χ2n) is 23.3. The number of halogens is 2. The number of carbonyl (C=O) groups excluding carboxylic acids is 2. The first-order valence-electron chi connectivity index (χ1n) is 22.0. The Balaban J connectivity index is 0.00000112. The van der Waals surface area contributed by atoms with E-state index in [0.717, 1.165) is 38.9 Å². The fraction of sp³-hybridized carbons (Fsp3) is 0.527. The zero-order valence-corrected chi connectivity index (χ0v) is 45.8. The molecule has 4 aromatic carbocycles. The molecule has 0 unspecified atom stereocenters. The summed E-state index contributed by atoms with van der Waals surface area (Å²) in [5.41, 5.74) is 7.09. The van der Waals surface area contributed by atoms with Gasteiger partial charge in [0.1, 0.15) is 12.6 Å². The van der Waals surface area contributed by atoms with E-state index in [1.165, 1.54) is 12.1 Å². The van der Waals surface area contributed by atoms with E-state index in [9.17, 15) is 30.0 Å². The Bertz CT molecular complexity index is 2030. The molecule has 0 atom stereocenters. The number of rotatable bonds is 8. The summed E-state index contributed by atoms with van der Waals surface area (Å²) in [6, 6.07) is 15.3. The van der Waals surface area contributed by atoms with Crippen LogP contribution in [0.2, 0.25) is 0 Å². The summed E-state index contributed by atoms with van der Waals surface area (Å²) in [5.74, 6) is -0.390. The molecule has 0 spiro atoms. The fourth-order valence-electron chi connectivity index (χ4n) is 7.29. The molecule has 0 N–H and O–H groups in total. The largest absolute Gasteiger partial charge is 4.00 e. The van der Waals surface area contributed by atoms with Crippen molar-refractivity contribution in [1.82, 2.24) is 4.90 Å². The van der Waals surface area contributed by atoms with Gasteiger partial charge in [-0.05, 0) is 107 Å². The second kappa shape index (κ2) is 22.6. The zero-order chi connectivity index (χ0) is 49.7. The third-order valence-corrected chi connectivity index (χ3v) is 11.2. The van der Waals surface area contributed by atoms with Crippen molar-refractivity contribution in [2.45, 2.75) is 184 Å². The topological polar surface area (TPSA) is 130 Å². The molecule has 0 saturated carbocycles. The van der Waals surface area contributed by atoms with Gasteiger partial charge in [0, 0.05) is 30.8 Å². The third kappa shape index (κ3) is 16.5. The van der Waals surface area contributed by atoms with E-state index in [1.807, 2.05) is 0 Å². The smallest absolute Gasteiger partial charge is 0.872 e. The summed E-state index contributed by atoms with van der Waals surface area (Å²) in [7, 11) is 0. The van der Waals surface area contributed by atoms with Crippen LogP contribution in [-0.2, 0) is 73.8 Å². The van der Waals surface area contributed by atoms with E-state index in [0.29, 0.717) is 48.9 Å². The first-order chi connectivity index (χ1) is 28.9. The Labute approximate surface area is 417 Å². The molecule has 354 valence electrons. The van der Waals surface area contributed by atoms with E-state index in [1.54, 1.807) is 6.92 Å². The molecule has 4 aromatic rings. The average molecular weight is 965 g/mol. The van der Waals surface area contributed by atoms with Crippen LogP contribution in [0.25, 0.3) is 0 Å². The molecule has 0 radical (unpaired) electrons. The van der Waals surface area contributed by atoms with Crippen LogP contribution in [0.5, 0.6) is 23.0 Å². The Kier molecular flexibility index (Phi) is 20.8. The van der Waals surface area contributed by atoms with Crippen molar-refractivity contribution in [2.75, 3.05) is 5.34 Å². The van der Waals surface area contributed by atoms with Crippen molar-refractivity contribution in [2.24, 2.45) is 0 Å². The Morgan fingerprint density at radius 2 is 0.662 bits per heavy atom. The molecule has 0 heterocycles. The molecule has 0 fully saturated rings. The van der Waals surface area contributed by atoms with Gasteiger partial charge in [0.15, 0.2) is 0 Å². The van der Waals surface area contributed by atoms with Crippen molar-refractivity contribution < 1.29 is 51.7 Å². The summed E-state index contributed by atoms with van der Waals surface area (Å²) >= 11 is 9.53. The van der Waals surface area contributed by atoms with Gasteiger partial charge in [-0.1, -0.05) is 167 Å². The molecule has 7 nitrogen and oxygen atoms in total. The quantitative estimate of drug-likeness (QED) is 0.0976. The maximum absolute atomic E-state index is 14.3. The molecule has 0 amide bonds. The van der Waals surface area contributed by atoms with Crippen LogP contribution in [0, 0.1) is 6.92 Å². The van der Waals surface area contributed by atoms with Crippen molar-refractivity contribution >= 4 is 35.8 Å². The van der Waals surface area contributed by atoms with E-state index >= 15 is 0 Å². The standard InChI is InChI=1S/C45H69NO3.C9H8O3.CH2Cl2.Ti/c1-40(2,3)31-19-28(37(47)34(22-31)43(10,11)12)25-46(26-29-20-32(41(4,5)6)23-35(38(29)48)44(13,14)15)27-30-21-33(42(7,8)9)24-36(39(30)49)45(16,17)18;1-6-2-7(4-10)9(12)8(3-6)5-11;2-1-3;/h19-24,47-49H,25-27H2,1-18H3;2-5,12H,1H3;1H2;/q;;;+4/p-4. The monoisotopic (exact) mass is 963 g/mol. The average Bonchev–Trinajstić information content (AvgIpc) is 3.12. The molecular weight excluding hydrogens is 889 g/mol. The predicted octanol–water partition coefficient (Wildman–Crippen LogP) is 12.0. The molecule has 0 bridgehead atoms. The minimum Gasteiger partial charge on any atom is -0.872 e. The summed E-state index contributed by atoms with van der Waals surface area (Å²) in [4.78, 5) is 22.8. The van der Waals surface area contributed by atoms with E-state index in [4.69, 9.17) is 23.2 Å². The number of carbonyl (C=O) groups is 2.